The van der Waals surface area contributed by atoms with Crippen molar-refractivity contribution in [1.82, 2.24) is 4.90 Å². The number of quaternary nitrogens is 1. The van der Waals surface area contributed by atoms with Crippen molar-refractivity contribution >= 4 is 0 Å². The Balaban J connectivity index is 0.00000361. The van der Waals surface area contributed by atoms with Crippen molar-refractivity contribution in [2.24, 2.45) is 17.6 Å². The van der Waals surface area contributed by atoms with Crippen LogP contribution in [0, 0.1) is 11.8 Å². The molecule has 0 aromatic rings. The minimum absolute atomic E-state index is 0. The molecule has 0 aliphatic carbocycles. The highest BCUT2D eigenvalue weighted by Crippen LogP contribution is 2.23. The third-order valence-corrected chi connectivity index (χ3v) is 5.19. The second kappa shape index (κ2) is 9.59. The second-order valence-electron chi connectivity index (χ2n) is 7.05. The molecule has 0 radical (unpaired) electrons. The van der Waals surface area contributed by atoms with E-state index in [1.165, 1.54) is 25.8 Å². The van der Waals surface area contributed by atoms with Gasteiger partial charge in [-0.2, -0.15) is 0 Å². The number of halogens is 1. The number of nitrogens with two attached hydrogens (primary N) is 1. The Morgan fingerprint density at radius 2 is 1.85 bits per heavy atom. The molecule has 0 aromatic heterocycles. The molecule has 1 saturated heterocycles. The minimum Gasteiger partial charge on any atom is -1.00 e. The number of rotatable bonds is 6. The lowest BCUT2D eigenvalue weighted by molar-refractivity contribution is -0.954. The maximum Gasteiger partial charge on any atom is 0.104 e. The average Bonchev–Trinajstić information content (AvgIpc) is 2.37. The Morgan fingerprint density at radius 1 is 1.25 bits per heavy atom. The first-order valence-electron chi connectivity index (χ1n) is 8.14. The van der Waals surface area contributed by atoms with E-state index in [2.05, 4.69) is 46.7 Å². The van der Waals surface area contributed by atoms with Crippen LogP contribution in [0.4, 0.5) is 0 Å². The van der Waals surface area contributed by atoms with E-state index in [9.17, 15) is 0 Å². The summed E-state index contributed by atoms with van der Waals surface area (Å²) in [5, 5.41) is 0. The Labute approximate surface area is 143 Å². The predicted octanol–water partition coefficient (Wildman–Crippen LogP) is -2.00. The summed E-state index contributed by atoms with van der Waals surface area (Å²) >= 11 is 0. The van der Waals surface area contributed by atoms with Gasteiger partial charge in [-0.15, -0.1) is 0 Å². The van der Waals surface area contributed by atoms with Gasteiger partial charge in [-0.3, -0.25) is 0 Å². The molecule has 1 aliphatic rings. The smallest absolute Gasteiger partial charge is 0.104 e. The van der Waals surface area contributed by atoms with Gasteiger partial charge < -0.3 is 39.5 Å². The summed E-state index contributed by atoms with van der Waals surface area (Å²) < 4.78 is 0. The molecule has 4 heteroatoms. The summed E-state index contributed by atoms with van der Waals surface area (Å²) in [4.78, 5) is 4.21. The molecule has 0 bridgehead atoms. The van der Waals surface area contributed by atoms with Crippen molar-refractivity contribution < 1.29 is 28.9 Å². The second-order valence-corrected chi connectivity index (χ2v) is 7.05. The van der Waals surface area contributed by atoms with E-state index in [4.69, 9.17) is 5.73 Å². The third-order valence-electron chi connectivity index (χ3n) is 5.19. The monoisotopic (exact) mass is 397 g/mol. The number of nitrogens with zero attached hydrogens (tertiary/aromatic N) is 1. The number of likely N-dealkylation sites (tertiary alicyclic amines) is 1. The average molecular weight is 397 g/mol. The van der Waals surface area contributed by atoms with Gasteiger partial charge in [0.15, 0.2) is 0 Å². The molecule has 0 saturated carbocycles. The zero-order chi connectivity index (χ0) is 14.6. The van der Waals surface area contributed by atoms with Gasteiger partial charge >= 0.3 is 0 Å². The van der Waals surface area contributed by atoms with Crippen LogP contribution in [-0.2, 0) is 0 Å². The van der Waals surface area contributed by atoms with E-state index in [1.54, 1.807) is 4.90 Å². The van der Waals surface area contributed by atoms with Gasteiger partial charge in [0, 0.05) is 6.42 Å². The molecule has 5 unspecified atom stereocenters. The van der Waals surface area contributed by atoms with E-state index in [0.29, 0.717) is 12.0 Å². The zero-order valence-electron chi connectivity index (χ0n) is 14.3. The van der Waals surface area contributed by atoms with Crippen molar-refractivity contribution in [2.45, 2.75) is 65.1 Å². The van der Waals surface area contributed by atoms with Crippen LogP contribution in [0.15, 0.2) is 0 Å². The molecule has 122 valence electrons. The maximum atomic E-state index is 5.97. The number of hydrogen-bond acceptors (Lipinski definition) is 2. The van der Waals surface area contributed by atoms with Crippen LogP contribution >= 0.6 is 0 Å². The molecule has 0 spiro atoms. The van der Waals surface area contributed by atoms with Crippen LogP contribution in [-0.4, -0.2) is 50.2 Å². The molecule has 3 nitrogen and oxygen atoms in total. The van der Waals surface area contributed by atoms with Crippen molar-refractivity contribution in [3.8, 4) is 0 Å². The molecule has 5 atom stereocenters. The molecule has 3 N–H and O–H groups in total. The zero-order valence-corrected chi connectivity index (χ0v) is 16.5. The number of hydrogen-bond donors (Lipinski definition) is 2. The fourth-order valence-electron chi connectivity index (χ4n) is 4.04. The topological polar surface area (TPSA) is 33.7 Å². The van der Waals surface area contributed by atoms with Crippen LogP contribution in [0.2, 0.25) is 0 Å². The fraction of sp³-hybridized carbons (Fsp3) is 1.00. The highest BCUT2D eigenvalue weighted by Gasteiger charge is 2.40. The van der Waals surface area contributed by atoms with Gasteiger partial charge in [0.05, 0.1) is 18.6 Å². The molecule has 1 rings (SSSR count). The molecule has 20 heavy (non-hydrogen) atoms. The van der Waals surface area contributed by atoms with Crippen LogP contribution in [0.3, 0.4) is 0 Å². The SMILES string of the molecule is CCC1CC[NH+](C(C)C)C(C(C(C)CN)N(C)C)C1.[I-]. The Kier molecular flexibility index (Phi) is 9.88. The number of piperidine rings is 1. The first-order valence-corrected chi connectivity index (χ1v) is 8.14. The minimum atomic E-state index is 0. The van der Waals surface area contributed by atoms with Crippen molar-refractivity contribution in [2.75, 3.05) is 27.2 Å². The summed E-state index contributed by atoms with van der Waals surface area (Å²) in [6.45, 7) is 11.5. The van der Waals surface area contributed by atoms with Crippen LogP contribution < -0.4 is 34.6 Å². The van der Waals surface area contributed by atoms with Gasteiger partial charge in [0.1, 0.15) is 6.04 Å². The lowest BCUT2D eigenvalue weighted by Gasteiger charge is -2.46. The van der Waals surface area contributed by atoms with Gasteiger partial charge in [-0.05, 0) is 52.7 Å². The Bertz CT molecular complexity index is 258. The van der Waals surface area contributed by atoms with Gasteiger partial charge in [0.25, 0.3) is 0 Å². The normalized spacial score (nSPS) is 30.1. The van der Waals surface area contributed by atoms with E-state index < -0.39 is 0 Å². The summed E-state index contributed by atoms with van der Waals surface area (Å²) in [6, 6.07) is 2.07. The van der Waals surface area contributed by atoms with Gasteiger partial charge in [0.2, 0.25) is 0 Å². The van der Waals surface area contributed by atoms with E-state index >= 15 is 0 Å². The van der Waals surface area contributed by atoms with Crippen LogP contribution in [0.5, 0.6) is 0 Å². The molecular formula is C16H36IN3. The van der Waals surface area contributed by atoms with Gasteiger partial charge in [-0.1, -0.05) is 20.3 Å². The highest BCUT2D eigenvalue weighted by molar-refractivity contribution is 4.85. The largest absolute Gasteiger partial charge is 1.00 e. The van der Waals surface area contributed by atoms with Crippen molar-refractivity contribution in [3.05, 3.63) is 0 Å². The Morgan fingerprint density at radius 3 is 2.25 bits per heavy atom. The number of likely N-dealkylation sites (N-methyl/N-ethyl adjacent to an activating group) is 1. The predicted molar refractivity (Wildman–Crippen MR) is 83.5 cm³/mol. The summed E-state index contributed by atoms with van der Waals surface area (Å²) in [7, 11) is 4.45. The first-order chi connectivity index (χ1) is 8.92. The van der Waals surface area contributed by atoms with E-state index in [-0.39, 0.29) is 24.0 Å². The highest BCUT2D eigenvalue weighted by atomic mass is 127. The van der Waals surface area contributed by atoms with Crippen molar-refractivity contribution in [3.63, 3.8) is 0 Å². The fourth-order valence-corrected chi connectivity index (χ4v) is 4.04. The lowest BCUT2D eigenvalue weighted by atomic mass is 9.80. The maximum absolute atomic E-state index is 5.97. The van der Waals surface area contributed by atoms with Crippen LogP contribution in [0.25, 0.3) is 0 Å². The van der Waals surface area contributed by atoms with Crippen LogP contribution in [0.1, 0.15) is 47.0 Å². The first kappa shape index (κ1) is 20.6. The summed E-state index contributed by atoms with van der Waals surface area (Å²) in [6.07, 6.45) is 4.11. The van der Waals surface area contributed by atoms with Crippen molar-refractivity contribution in [1.29, 1.82) is 0 Å². The molecule has 0 amide bonds. The van der Waals surface area contributed by atoms with E-state index in [1.807, 2.05) is 0 Å². The lowest BCUT2D eigenvalue weighted by Crippen LogP contribution is -3.21. The summed E-state index contributed by atoms with van der Waals surface area (Å²) in [5.41, 5.74) is 5.97. The number of nitrogens with one attached hydrogen (secondary N) is 1. The molecule has 1 heterocycles. The molecule has 0 aromatic carbocycles. The van der Waals surface area contributed by atoms with E-state index in [0.717, 1.165) is 24.5 Å². The third kappa shape index (κ3) is 5.11. The van der Waals surface area contributed by atoms with Gasteiger partial charge in [-0.25, -0.2) is 0 Å². The molecule has 1 fully saturated rings. The molecular weight excluding hydrogens is 361 g/mol. The standard InChI is InChI=1S/C16H35N3.HI/c1-7-14-8-9-19(12(2)3)15(10-14)16(18(5)6)13(4)11-17;/h12-16H,7-11,17H2,1-6H3;1H. The summed E-state index contributed by atoms with van der Waals surface area (Å²) in [5.74, 6) is 1.49. The molecule has 1 aliphatic heterocycles. The quantitative estimate of drug-likeness (QED) is 0.509. The Hall–Kier alpha value is 0.610.